The van der Waals surface area contributed by atoms with E-state index in [0.29, 0.717) is 16.9 Å². The van der Waals surface area contributed by atoms with E-state index < -0.39 is 24.7 Å². The smallest absolute Gasteiger partial charge is 0.434 e. The zero-order valence-corrected chi connectivity index (χ0v) is 22.6. The van der Waals surface area contributed by atoms with Gasteiger partial charge in [-0.05, 0) is 72.8 Å². The minimum Gasteiger partial charge on any atom is -0.484 e. The van der Waals surface area contributed by atoms with Gasteiger partial charge in [-0.15, -0.1) is 11.8 Å². The zero-order valence-electron chi connectivity index (χ0n) is 21.8. The summed E-state index contributed by atoms with van der Waals surface area (Å²) in [5, 5.41) is 1.20. The van der Waals surface area contributed by atoms with Crippen LogP contribution in [-0.2, 0) is 6.18 Å². The highest BCUT2D eigenvalue weighted by molar-refractivity contribution is 7.98. The highest BCUT2D eigenvalue weighted by atomic mass is 32.2. The van der Waals surface area contributed by atoms with E-state index in [1.54, 1.807) is 30.0 Å². The van der Waals surface area contributed by atoms with Gasteiger partial charge in [0, 0.05) is 22.9 Å². The number of nitrogens with zero attached hydrogens (tertiary/aromatic N) is 3. The Kier molecular flexibility index (Phi) is 8.59. The Hall–Kier alpha value is -4.10. The number of thioether (sulfide) groups is 1. The Labute approximate surface area is 236 Å². The minimum absolute atomic E-state index is 0.0175. The van der Waals surface area contributed by atoms with Crippen LogP contribution in [0.5, 0.6) is 5.75 Å². The zero-order chi connectivity index (χ0) is 29.9. The van der Waals surface area contributed by atoms with Crippen molar-refractivity contribution < 1.29 is 31.1 Å². The standard InChI is InChI=1S/C28H25F6N5OS/c1-17-37-26(28(32,33)34)15-38(17)23-11-8-20(19-4-3-5-22(12-19)41-2)13-24(23)39(36)25(14-35)18-6-9-21(10-7-18)40-16-27(29,30)31/h3-15H,16,35-36H2,1-2H3/b25-14-. The van der Waals surface area contributed by atoms with E-state index >= 15 is 0 Å². The summed E-state index contributed by atoms with van der Waals surface area (Å²) in [6, 6.07) is 18.4. The molecule has 0 fully saturated rings. The molecule has 0 aliphatic carbocycles. The third-order valence-electron chi connectivity index (χ3n) is 6.04. The number of aryl methyl sites for hydroxylation is 1. The number of hydrazine groups is 1. The van der Waals surface area contributed by atoms with Crippen molar-refractivity contribution in [3.05, 3.63) is 96.2 Å². The molecular weight excluding hydrogens is 568 g/mol. The molecule has 4 rings (SSSR count). The van der Waals surface area contributed by atoms with Crippen molar-refractivity contribution in [3.8, 4) is 22.6 Å². The summed E-state index contributed by atoms with van der Waals surface area (Å²) >= 11 is 1.55. The molecule has 4 N–H and O–H groups in total. The molecule has 3 aromatic carbocycles. The lowest BCUT2D eigenvalue weighted by Crippen LogP contribution is -2.31. The molecule has 0 atom stereocenters. The van der Waals surface area contributed by atoms with Gasteiger partial charge in [0.15, 0.2) is 12.3 Å². The van der Waals surface area contributed by atoms with Gasteiger partial charge in [0.1, 0.15) is 11.6 Å². The number of halogens is 6. The first-order chi connectivity index (χ1) is 19.3. The van der Waals surface area contributed by atoms with Crippen LogP contribution in [0, 0.1) is 6.92 Å². The number of rotatable bonds is 8. The molecule has 13 heteroatoms. The highest BCUT2D eigenvalue weighted by Gasteiger charge is 2.35. The second-order valence-electron chi connectivity index (χ2n) is 8.83. The van der Waals surface area contributed by atoms with Crippen molar-refractivity contribution in [2.75, 3.05) is 17.9 Å². The molecular formula is C28H25F6N5OS. The van der Waals surface area contributed by atoms with Crippen molar-refractivity contribution in [3.63, 3.8) is 0 Å². The molecule has 1 aromatic heterocycles. The van der Waals surface area contributed by atoms with Gasteiger partial charge >= 0.3 is 12.4 Å². The molecule has 0 radical (unpaired) electrons. The summed E-state index contributed by atoms with van der Waals surface area (Å²) in [6.07, 6.45) is -5.14. The van der Waals surface area contributed by atoms with Gasteiger partial charge in [-0.3, -0.25) is 5.01 Å². The summed E-state index contributed by atoms with van der Waals surface area (Å²) in [5.74, 6) is 6.62. The Morgan fingerprint density at radius 3 is 2.27 bits per heavy atom. The molecule has 0 aliphatic rings. The maximum absolute atomic E-state index is 13.5. The monoisotopic (exact) mass is 593 g/mol. The van der Waals surface area contributed by atoms with Gasteiger partial charge in [-0.1, -0.05) is 18.2 Å². The van der Waals surface area contributed by atoms with Crippen molar-refractivity contribution in [1.82, 2.24) is 9.55 Å². The fraction of sp³-hybridized carbons (Fsp3) is 0.179. The lowest BCUT2D eigenvalue weighted by Gasteiger charge is -2.26. The van der Waals surface area contributed by atoms with E-state index in [-0.39, 0.29) is 17.3 Å². The maximum Gasteiger partial charge on any atom is 0.434 e. The maximum atomic E-state index is 13.5. The van der Waals surface area contributed by atoms with Gasteiger partial charge in [0.2, 0.25) is 0 Å². The average Bonchev–Trinajstić information content (AvgIpc) is 3.34. The molecule has 0 spiro atoms. The van der Waals surface area contributed by atoms with Crippen molar-refractivity contribution in [2.45, 2.75) is 24.2 Å². The topological polar surface area (TPSA) is 82.3 Å². The first kappa shape index (κ1) is 29.9. The van der Waals surface area contributed by atoms with Gasteiger partial charge in [0.05, 0.1) is 17.1 Å². The predicted molar refractivity (Wildman–Crippen MR) is 147 cm³/mol. The Morgan fingerprint density at radius 1 is 1.00 bits per heavy atom. The third kappa shape index (κ3) is 6.98. The summed E-state index contributed by atoms with van der Waals surface area (Å²) in [6.45, 7) is -0.0118. The molecule has 41 heavy (non-hydrogen) atoms. The van der Waals surface area contributed by atoms with Crippen LogP contribution in [0.1, 0.15) is 17.1 Å². The van der Waals surface area contributed by atoms with Crippen molar-refractivity contribution in [1.29, 1.82) is 0 Å². The number of hydrogen-bond acceptors (Lipinski definition) is 6. The van der Waals surface area contributed by atoms with Gasteiger partial charge in [-0.25, -0.2) is 10.8 Å². The fourth-order valence-electron chi connectivity index (χ4n) is 4.09. The van der Waals surface area contributed by atoms with E-state index in [1.807, 2.05) is 30.5 Å². The predicted octanol–water partition coefficient (Wildman–Crippen LogP) is 7.17. The summed E-state index contributed by atoms with van der Waals surface area (Å²) < 4.78 is 84.0. The SMILES string of the molecule is CSc1cccc(-c2ccc(-n3cc(C(F)(F)F)nc3C)c(N(N)/C(=C\N)c3ccc(OCC(F)(F)F)cc3)c2)c1. The lowest BCUT2D eigenvalue weighted by molar-refractivity contribution is -0.153. The van der Waals surface area contributed by atoms with Crippen LogP contribution >= 0.6 is 11.8 Å². The number of aromatic nitrogens is 2. The van der Waals surface area contributed by atoms with Crippen LogP contribution in [0.3, 0.4) is 0 Å². The van der Waals surface area contributed by atoms with E-state index in [9.17, 15) is 26.3 Å². The van der Waals surface area contributed by atoms with Crippen LogP contribution in [0.2, 0.25) is 0 Å². The van der Waals surface area contributed by atoms with Crippen LogP contribution in [0.4, 0.5) is 32.0 Å². The molecule has 216 valence electrons. The second kappa shape index (κ2) is 11.8. The molecule has 0 saturated heterocycles. The number of ether oxygens (including phenoxy) is 1. The first-order valence-corrected chi connectivity index (χ1v) is 13.2. The molecule has 6 nitrogen and oxygen atoms in total. The van der Waals surface area contributed by atoms with Crippen LogP contribution in [0.25, 0.3) is 22.5 Å². The Morgan fingerprint density at radius 2 is 1.68 bits per heavy atom. The Balaban J connectivity index is 1.80. The molecule has 0 unspecified atom stereocenters. The van der Waals surface area contributed by atoms with Gasteiger partial charge < -0.3 is 15.0 Å². The number of benzene rings is 3. The number of anilines is 1. The molecule has 0 saturated carbocycles. The normalized spacial score (nSPS) is 12.5. The fourth-order valence-corrected chi connectivity index (χ4v) is 4.55. The van der Waals surface area contributed by atoms with E-state index in [1.165, 1.54) is 47.0 Å². The molecule has 0 aliphatic heterocycles. The van der Waals surface area contributed by atoms with Gasteiger partial charge in [-0.2, -0.15) is 26.3 Å². The number of alkyl halides is 6. The summed E-state index contributed by atoms with van der Waals surface area (Å²) in [7, 11) is 0. The molecule has 0 bridgehead atoms. The highest BCUT2D eigenvalue weighted by Crippen LogP contribution is 2.37. The summed E-state index contributed by atoms with van der Waals surface area (Å²) in [4.78, 5) is 4.68. The molecule has 4 aromatic rings. The largest absolute Gasteiger partial charge is 0.484 e. The van der Waals surface area contributed by atoms with Crippen LogP contribution in [-0.4, -0.2) is 28.6 Å². The van der Waals surface area contributed by atoms with Crippen LogP contribution < -0.4 is 21.3 Å². The van der Waals surface area contributed by atoms with Gasteiger partial charge in [0.25, 0.3) is 0 Å². The van der Waals surface area contributed by atoms with Crippen molar-refractivity contribution in [2.24, 2.45) is 11.6 Å². The number of hydrogen-bond donors (Lipinski definition) is 2. The Bertz CT molecular complexity index is 1550. The van der Waals surface area contributed by atoms with Crippen molar-refractivity contribution >= 4 is 23.1 Å². The summed E-state index contributed by atoms with van der Waals surface area (Å²) in [5.41, 5.74) is 7.69. The van der Waals surface area contributed by atoms with E-state index in [2.05, 4.69) is 4.98 Å². The third-order valence-corrected chi connectivity index (χ3v) is 6.77. The second-order valence-corrected chi connectivity index (χ2v) is 9.71. The molecule has 0 amide bonds. The first-order valence-electron chi connectivity index (χ1n) is 12.0. The quantitative estimate of drug-likeness (QED) is 0.0976. The minimum atomic E-state index is -4.66. The molecule has 1 heterocycles. The lowest BCUT2D eigenvalue weighted by atomic mass is 10.0. The van der Waals surface area contributed by atoms with Crippen LogP contribution in [0.15, 0.2) is 84.0 Å². The average molecular weight is 594 g/mol. The number of imidazole rings is 1. The van der Waals surface area contributed by atoms with E-state index in [0.717, 1.165) is 22.2 Å². The number of nitrogens with two attached hydrogens (primary N) is 2. The van der Waals surface area contributed by atoms with E-state index in [4.69, 9.17) is 16.3 Å².